The standard InChI is InChI=1S/C20H20FN7/c1-3-17(19-9-11-23-27(19)2)25-20-22-10-8-18(26-20)14-12-24-28(13-14)16-6-4-15(21)5-7-16/h4-13,17H,3H2,1-2H3,(H,22,25,26)/t17-/m1/s1. The van der Waals surface area contributed by atoms with Crippen molar-refractivity contribution in [2.24, 2.45) is 7.05 Å². The molecule has 3 aromatic heterocycles. The largest absolute Gasteiger partial charge is 0.346 e. The fraction of sp³-hybridized carbons (Fsp3) is 0.200. The molecule has 0 saturated carbocycles. The van der Waals surface area contributed by atoms with Crippen LogP contribution in [0.1, 0.15) is 25.1 Å². The summed E-state index contributed by atoms with van der Waals surface area (Å²) in [6.45, 7) is 2.10. The highest BCUT2D eigenvalue weighted by atomic mass is 19.1. The van der Waals surface area contributed by atoms with E-state index >= 15 is 0 Å². The Morgan fingerprint density at radius 3 is 2.61 bits per heavy atom. The third kappa shape index (κ3) is 3.62. The highest BCUT2D eigenvalue weighted by Crippen LogP contribution is 2.23. The molecule has 0 unspecified atom stereocenters. The lowest BCUT2D eigenvalue weighted by Gasteiger charge is -2.17. The number of aryl methyl sites for hydroxylation is 1. The van der Waals surface area contributed by atoms with E-state index in [-0.39, 0.29) is 11.9 Å². The Hall–Kier alpha value is -3.55. The van der Waals surface area contributed by atoms with Gasteiger partial charge >= 0.3 is 0 Å². The highest BCUT2D eigenvalue weighted by molar-refractivity contribution is 5.59. The molecule has 0 bridgehead atoms. The molecule has 1 aromatic carbocycles. The van der Waals surface area contributed by atoms with Gasteiger partial charge in [0.15, 0.2) is 0 Å². The van der Waals surface area contributed by atoms with Crippen molar-refractivity contribution in [3.8, 4) is 16.9 Å². The van der Waals surface area contributed by atoms with Gasteiger partial charge < -0.3 is 5.32 Å². The van der Waals surface area contributed by atoms with Crippen molar-refractivity contribution in [2.45, 2.75) is 19.4 Å². The Morgan fingerprint density at radius 1 is 1.07 bits per heavy atom. The zero-order valence-electron chi connectivity index (χ0n) is 15.6. The lowest BCUT2D eigenvalue weighted by atomic mass is 10.1. The molecular weight excluding hydrogens is 357 g/mol. The van der Waals surface area contributed by atoms with E-state index in [0.717, 1.165) is 29.1 Å². The maximum absolute atomic E-state index is 13.1. The molecule has 7 nitrogen and oxygen atoms in total. The second kappa shape index (κ2) is 7.59. The smallest absolute Gasteiger partial charge is 0.223 e. The monoisotopic (exact) mass is 377 g/mol. The second-order valence-electron chi connectivity index (χ2n) is 6.40. The molecule has 0 aliphatic carbocycles. The van der Waals surface area contributed by atoms with Crippen LogP contribution in [0.15, 0.2) is 61.2 Å². The Kier molecular flexibility index (Phi) is 4.84. The zero-order valence-corrected chi connectivity index (χ0v) is 15.6. The highest BCUT2D eigenvalue weighted by Gasteiger charge is 2.15. The minimum Gasteiger partial charge on any atom is -0.346 e. The molecule has 0 radical (unpaired) electrons. The molecule has 0 amide bonds. The topological polar surface area (TPSA) is 73.5 Å². The van der Waals surface area contributed by atoms with Gasteiger partial charge in [-0.3, -0.25) is 4.68 Å². The first-order valence-corrected chi connectivity index (χ1v) is 9.02. The number of hydrogen-bond acceptors (Lipinski definition) is 5. The van der Waals surface area contributed by atoms with E-state index in [1.807, 2.05) is 30.1 Å². The number of benzene rings is 1. The molecular formula is C20H20FN7. The number of aromatic nitrogens is 6. The number of nitrogens with zero attached hydrogens (tertiary/aromatic N) is 6. The number of rotatable bonds is 6. The third-order valence-electron chi connectivity index (χ3n) is 4.55. The molecule has 4 rings (SSSR count). The van der Waals surface area contributed by atoms with Crippen LogP contribution in [-0.4, -0.2) is 29.5 Å². The molecule has 0 saturated heterocycles. The van der Waals surface area contributed by atoms with Crippen molar-refractivity contribution < 1.29 is 4.39 Å². The SMILES string of the molecule is CC[C@@H](Nc1nccc(-c2cnn(-c3ccc(F)cc3)c2)n1)c1ccnn1C. The molecule has 0 aliphatic rings. The van der Waals surface area contributed by atoms with Gasteiger partial charge in [0.05, 0.1) is 29.3 Å². The molecule has 1 N–H and O–H groups in total. The molecule has 0 fully saturated rings. The number of halogens is 1. The van der Waals surface area contributed by atoms with Crippen LogP contribution in [0.5, 0.6) is 0 Å². The fourth-order valence-corrected chi connectivity index (χ4v) is 3.05. The van der Waals surface area contributed by atoms with Crippen molar-refractivity contribution in [3.05, 3.63) is 72.7 Å². The Morgan fingerprint density at radius 2 is 1.89 bits per heavy atom. The second-order valence-corrected chi connectivity index (χ2v) is 6.40. The maximum Gasteiger partial charge on any atom is 0.223 e. The average molecular weight is 377 g/mol. The summed E-state index contributed by atoms with van der Waals surface area (Å²) >= 11 is 0. The summed E-state index contributed by atoms with van der Waals surface area (Å²) in [4.78, 5) is 8.97. The first-order valence-electron chi connectivity index (χ1n) is 9.02. The number of anilines is 1. The minimum atomic E-state index is -0.276. The summed E-state index contributed by atoms with van der Waals surface area (Å²) in [5.41, 5.74) is 3.46. The molecule has 0 aliphatic heterocycles. The van der Waals surface area contributed by atoms with Crippen LogP contribution in [0.2, 0.25) is 0 Å². The summed E-state index contributed by atoms with van der Waals surface area (Å²) in [5, 5.41) is 12.0. The predicted molar refractivity (Wildman–Crippen MR) is 104 cm³/mol. The van der Waals surface area contributed by atoms with Gasteiger partial charge in [0.2, 0.25) is 5.95 Å². The number of nitrogens with one attached hydrogen (secondary N) is 1. The quantitative estimate of drug-likeness (QED) is 0.554. The maximum atomic E-state index is 13.1. The van der Waals surface area contributed by atoms with E-state index in [0.29, 0.717) is 5.95 Å². The summed E-state index contributed by atoms with van der Waals surface area (Å²) in [6.07, 6.45) is 7.96. The van der Waals surface area contributed by atoms with E-state index in [4.69, 9.17) is 0 Å². The normalized spacial score (nSPS) is 12.1. The van der Waals surface area contributed by atoms with Gasteiger partial charge in [0.25, 0.3) is 0 Å². The van der Waals surface area contributed by atoms with E-state index in [1.165, 1.54) is 12.1 Å². The molecule has 28 heavy (non-hydrogen) atoms. The lowest BCUT2D eigenvalue weighted by Crippen LogP contribution is -2.15. The van der Waals surface area contributed by atoms with Crippen LogP contribution in [0.4, 0.5) is 10.3 Å². The lowest BCUT2D eigenvalue weighted by molar-refractivity contribution is 0.627. The van der Waals surface area contributed by atoms with Crippen LogP contribution < -0.4 is 5.32 Å². The molecule has 0 spiro atoms. The summed E-state index contributed by atoms with van der Waals surface area (Å²) in [6, 6.07) is 10.1. The molecule has 142 valence electrons. The van der Waals surface area contributed by atoms with Gasteiger partial charge in [-0.1, -0.05) is 6.92 Å². The van der Waals surface area contributed by atoms with E-state index in [9.17, 15) is 4.39 Å². The van der Waals surface area contributed by atoms with Crippen LogP contribution >= 0.6 is 0 Å². The van der Waals surface area contributed by atoms with Crippen molar-refractivity contribution in [1.82, 2.24) is 29.5 Å². The van der Waals surface area contributed by atoms with Gasteiger partial charge in [-0.25, -0.2) is 19.0 Å². The van der Waals surface area contributed by atoms with Crippen molar-refractivity contribution in [3.63, 3.8) is 0 Å². The van der Waals surface area contributed by atoms with Crippen LogP contribution in [0.25, 0.3) is 16.9 Å². The van der Waals surface area contributed by atoms with Gasteiger partial charge in [-0.05, 0) is 42.8 Å². The summed E-state index contributed by atoms with van der Waals surface area (Å²) < 4.78 is 16.7. The first kappa shape index (κ1) is 17.8. The Bertz CT molecular complexity index is 1070. The van der Waals surface area contributed by atoms with Gasteiger partial charge in [0.1, 0.15) is 5.82 Å². The molecule has 1 atom stereocenters. The third-order valence-corrected chi connectivity index (χ3v) is 4.55. The molecule has 4 aromatic rings. The zero-order chi connectivity index (χ0) is 19.5. The van der Waals surface area contributed by atoms with Crippen molar-refractivity contribution in [1.29, 1.82) is 0 Å². The number of hydrogen-bond donors (Lipinski definition) is 1. The Balaban J connectivity index is 1.57. The molecule has 8 heteroatoms. The van der Waals surface area contributed by atoms with Crippen LogP contribution in [0.3, 0.4) is 0 Å². The van der Waals surface area contributed by atoms with E-state index < -0.39 is 0 Å². The van der Waals surface area contributed by atoms with Gasteiger partial charge in [-0.2, -0.15) is 10.2 Å². The van der Waals surface area contributed by atoms with Gasteiger partial charge in [-0.15, -0.1) is 0 Å². The average Bonchev–Trinajstić information content (AvgIpc) is 3.36. The molecule has 3 heterocycles. The van der Waals surface area contributed by atoms with E-state index in [2.05, 4.69) is 32.4 Å². The fourth-order valence-electron chi connectivity index (χ4n) is 3.05. The summed E-state index contributed by atoms with van der Waals surface area (Å²) in [5.74, 6) is 0.265. The van der Waals surface area contributed by atoms with Gasteiger partial charge in [0, 0.05) is 31.2 Å². The summed E-state index contributed by atoms with van der Waals surface area (Å²) in [7, 11) is 1.92. The first-order chi connectivity index (χ1) is 13.6. The van der Waals surface area contributed by atoms with Crippen LogP contribution in [-0.2, 0) is 7.05 Å². The van der Waals surface area contributed by atoms with Crippen molar-refractivity contribution in [2.75, 3.05) is 5.32 Å². The predicted octanol–water partition coefficient (Wildman–Crippen LogP) is 3.77. The van der Waals surface area contributed by atoms with Crippen molar-refractivity contribution >= 4 is 5.95 Å². The van der Waals surface area contributed by atoms with Crippen LogP contribution in [0, 0.1) is 5.82 Å². The Labute approximate surface area is 161 Å². The minimum absolute atomic E-state index is 0.0599. The van der Waals surface area contributed by atoms with E-state index in [1.54, 1.807) is 35.4 Å².